The molecule has 1 atom stereocenters. The molecule has 0 amide bonds. The Labute approximate surface area is 112 Å². The maximum absolute atomic E-state index is 4.66. The lowest BCUT2D eigenvalue weighted by molar-refractivity contribution is 0.603. The van der Waals surface area contributed by atoms with E-state index in [4.69, 9.17) is 0 Å². The van der Waals surface area contributed by atoms with Gasteiger partial charge < -0.3 is 5.32 Å². The molecule has 0 aromatic carbocycles. The Morgan fingerprint density at radius 2 is 2.28 bits per heavy atom. The van der Waals surface area contributed by atoms with Crippen LogP contribution in [-0.2, 0) is 6.42 Å². The van der Waals surface area contributed by atoms with Crippen molar-refractivity contribution in [3.63, 3.8) is 0 Å². The molecule has 18 heavy (non-hydrogen) atoms. The first kappa shape index (κ1) is 13.2. The summed E-state index contributed by atoms with van der Waals surface area (Å²) in [5.74, 6) is 0. The fourth-order valence-corrected chi connectivity index (χ4v) is 3.15. The number of rotatable bonds is 5. The van der Waals surface area contributed by atoms with Gasteiger partial charge in [0.1, 0.15) is 0 Å². The van der Waals surface area contributed by atoms with Gasteiger partial charge in [0.25, 0.3) is 0 Å². The molecular formula is C14H19N3S. The molecule has 0 aliphatic carbocycles. The largest absolute Gasteiger partial charge is 0.310 e. The van der Waals surface area contributed by atoms with Crippen LogP contribution in [0.5, 0.6) is 0 Å². The SMILES string of the molecule is CCNC(C)c1sc(Cc2cccnc2)nc1C. The maximum atomic E-state index is 4.66. The number of pyridine rings is 1. The van der Waals surface area contributed by atoms with Crippen LogP contribution < -0.4 is 5.32 Å². The number of hydrogen-bond acceptors (Lipinski definition) is 4. The summed E-state index contributed by atoms with van der Waals surface area (Å²) in [7, 11) is 0. The summed E-state index contributed by atoms with van der Waals surface area (Å²) < 4.78 is 0. The summed E-state index contributed by atoms with van der Waals surface area (Å²) in [5, 5.41) is 4.60. The predicted octanol–water partition coefficient (Wildman–Crippen LogP) is 3.11. The van der Waals surface area contributed by atoms with Crippen LogP contribution in [0.4, 0.5) is 0 Å². The quantitative estimate of drug-likeness (QED) is 0.898. The Morgan fingerprint density at radius 1 is 1.44 bits per heavy atom. The van der Waals surface area contributed by atoms with Gasteiger partial charge in [-0.3, -0.25) is 4.98 Å². The lowest BCUT2D eigenvalue weighted by atomic mass is 10.2. The Morgan fingerprint density at radius 3 is 2.94 bits per heavy atom. The average molecular weight is 261 g/mol. The summed E-state index contributed by atoms with van der Waals surface area (Å²) in [6.45, 7) is 7.39. The first-order valence-corrected chi connectivity index (χ1v) is 7.10. The van der Waals surface area contributed by atoms with Crippen molar-refractivity contribution in [2.75, 3.05) is 6.54 Å². The lowest BCUT2D eigenvalue weighted by Gasteiger charge is -2.09. The lowest BCUT2D eigenvalue weighted by Crippen LogP contribution is -2.17. The van der Waals surface area contributed by atoms with Gasteiger partial charge in [-0.15, -0.1) is 11.3 Å². The number of thiazole rings is 1. The van der Waals surface area contributed by atoms with E-state index >= 15 is 0 Å². The second-order valence-corrected chi connectivity index (χ2v) is 5.49. The van der Waals surface area contributed by atoms with E-state index in [1.54, 1.807) is 17.5 Å². The molecule has 0 saturated carbocycles. The van der Waals surface area contributed by atoms with Gasteiger partial charge in [0.2, 0.25) is 0 Å². The van der Waals surface area contributed by atoms with Crippen LogP contribution in [0.3, 0.4) is 0 Å². The van der Waals surface area contributed by atoms with E-state index < -0.39 is 0 Å². The van der Waals surface area contributed by atoms with Crippen molar-refractivity contribution < 1.29 is 0 Å². The molecule has 2 aromatic heterocycles. The van der Waals surface area contributed by atoms with E-state index in [1.807, 2.05) is 12.3 Å². The summed E-state index contributed by atoms with van der Waals surface area (Å²) in [6, 6.07) is 4.45. The topological polar surface area (TPSA) is 37.8 Å². The highest BCUT2D eigenvalue weighted by Gasteiger charge is 2.13. The summed E-state index contributed by atoms with van der Waals surface area (Å²) >= 11 is 1.80. The van der Waals surface area contributed by atoms with Gasteiger partial charge in [-0.05, 0) is 32.0 Å². The van der Waals surface area contributed by atoms with Crippen LogP contribution in [0, 0.1) is 6.92 Å². The molecule has 96 valence electrons. The molecule has 0 aliphatic heterocycles. The highest BCUT2D eigenvalue weighted by molar-refractivity contribution is 7.11. The van der Waals surface area contributed by atoms with Crippen molar-refractivity contribution in [1.82, 2.24) is 15.3 Å². The molecule has 1 N–H and O–H groups in total. The standard InChI is InChI=1S/C14H19N3S/c1-4-16-10(2)14-11(3)17-13(18-14)8-12-6-5-7-15-9-12/h5-7,9-10,16H,4,8H2,1-3H3. The van der Waals surface area contributed by atoms with E-state index in [-0.39, 0.29) is 0 Å². The maximum Gasteiger partial charge on any atom is 0.0976 e. The average Bonchev–Trinajstić information content (AvgIpc) is 2.72. The summed E-state index contributed by atoms with van der Waals surface area (Å²) in [6.07, 6.45) is 4.58. The highest BCUT2D eigenvalue weighted by Crippen LogP contribution is 2.26. The van der Waals surface area contributed by atoms with Gasteiger partial charge in [-0.1, -0.05) is 13.0 Å². The normalized spacial score (nSPS) is 12.6. The smallest absolute Gasteiger partial charge is 0.0976 e. The van der Waals surface area contributed by atoms with Crippen LogP contribution in [0.15, 0.2) is 24.5 Å². The minimum atomic E-state index is 0.384. The third-order valence-corrected chi connectivity index (χ3v) is 4.20. The predicted molar refractivity (Wildman–Crippen MR) is 76.0 cm³/mol. The third-order valence-electron chi connectivity index (χ3n) is 2.86. The Bertz CT molecular complexity index is 493. The fraction of sp³-hybridized carbons (Fsp3) is 0.429. The minimum absolute atomic E-state index is 0.384. The Balaban J connectivity index is 2.14. The Kier molecular flexibility index (Phi) is 4.44. The molecule has 1 unspecified atom stereocenters. The molecule has 0 fully saturated rings. The van der Waals surface area contributed by atoms with E-state index in [0.717, 1.165) is 18.7 Å². The third kappa shape index (κ3) is 3.15. The van der Waals surface area contributed by atoms with Crippen molar-refractivity contribution in [2.24, 2.45) is 0 Å². The zero-order valence-corrected chi connectivity index (χ0v) is 11.9. The molecule has 2 rings (SSSR count). The summed E-state index contributed by atoms with van der Waals surface area (Å²) in [5.41, 5.74) is 2.36. The molecule has 0 radical (unpaired) electrons. The van der Waals surface area contributed by atoms with E-state index in [1.165, 1.54) is 15.4 Å². The van der Waals surface area contributed by atoms with Crippen LogP contribution in [0.2, 0.25) is 0 Å². The van der Waals surface area contributed by atoms with Crippen molar-refractivity contribution in [1.29, 1.82) is 0 Å². The second kappa shape index (κ2) is 6.07. The van der Waals surface area contributed by atoms with Crippen molar-refractivity contribution >= 4 is 11.3 Å². The molecular weight excluding hydrogens is 242 g/mol. The van der Waals surface area contributed by atoms with Gasteiger partial charge >= 0.3 is 0 Å². The van der Waals surface area contributed by atoms with Gasteiger partial charge in [0.05, 0.1) is 10.7 Å². The molecule has 0 saturated heterocycles. The zero-order chi connectivity index (χ0) is 13.0. The molecule has 2 heterocycles. The molecule has 0 aliphatic rings. The van der Waals surface area contributed by atoms with Crippen LogP contribution in [0.1, 0.15) is 41.0 Å². The first-order chi connectivity index (χ1) is 8.70. The first-order valence-electron chi connectivity index (χ1n) is 6.29. The van der Waals surface area contributed by atoms with Gasteiger partial charge in [0, 0.05) is 29.7 Å². The molecule has 3 nitrogen and oxygen atoms in total. The molecule has 4 heteroatoms. The van der Waals surface area contributed by atoms with E-state index in [9.17, 15) is 0 Å². The number of nitrogens with zero attached hydrogens (tertiary/aromatic N) is 2. The number of nitrogens with one attached hydrogen (secondary N) is 1. The van der Waals surface area contributed by atoms with Crippen molar-refractivity contribution in [3.8, 4) is 0 Å². The van der Waals surface area contributed by atoms with E-state index in [2.05, 4.69) is 42.1 Å². The van der Waals surface area contributed by atoms with Gasteiger partial charge in [0.15, 0.2) is 0 Å². The number of aromatic nitrogens is 2. The highest BCUT2D eigenvalue weighted by atomic mass is 32.1. The van der Waals surface area contributed by atoms with Crippen LogP contribution in [-0.4, -0.2) is 16.5 Å². The zero-order valence-electron chi connectivity index (χ0n) is 11.1. The second-order valence-electron chi connectivity index (χ2n) is 4.37. The van der Waals surface area contributed by atoms with Crippen molar-refractivity contribution in [2.45, 2.75) is 33.2 Å². The fourth-order valence-electron chi connectivity index (χ4n) is 2.02. The molecule has 2 aromatic rings. The van der Waals surface area contributed by atoms with Crippen LogP contribution >= 0.6 is 11.3 Å². The monoisotopic (exact) mass is 261 g/mol. The van der Waals surface area contributed by atoms with Crippen molar-refractivity contribution in [3.05, 3.63) is 45.7 Å². The summed E-state index contributed by atoms with van der Waals surface area (Å²) in [4.78, 5) is 10.1. The molecule has 0 spiro atoms. The molecule has 0 bridgehead atoms. The number of hydrogen-bond donors (Lipinski definition) is 1. The van der Waals surface area contributed by atoms with E-state index in [0.29, 0.717) is 6.04 Å². The Hall–Kier alpha value is -1.26. The van der Waals surface area contributed by atoms with Gasteiger partial charge in [-0.25, -0.2) is 4.98 Å². The van der Waals surface area contributed by atoms with Gasteiger partial charge in [-0.2, -0.15) is 0 Å². The minimum Gasteiger partial charge on any atom is -0.310 e. The van der Waals surface area contributed by atoms with Crippen LogP contribution in [0.25, 0.3) is 0 Å². The number of aryl methyl sites for hydroxylation is 1.